The normalized spacial score (nSPS) is 42.0. The third-order valence-corrected chi connectivity index (χ3v) is 1.63. The Morgan fingerprint density at radius 1 is 1.71 bits per heavy atom. The highest BCUT2D eigenvalue weighted by atomic mass is 31.0. The zero-order valence-corrected chi connectivity index (χ0v) is 5.23. The van der Waals surface area contributed by atoms with Gasteiger partial charge in [0.05, 0.1) is 0 Å². The van der Waals surface area contributed by atoms with Gasteiger partial charge >= 0.3 is 0 Å². The summed E-state index contributed by atoms with van der Waals surface area (Å²) in [7, 11) is 2.20. The Bertz CT molecular complexity index is 66.1. The molecule has 1 aliphatic heterocycles. The molecule has 1 nitrogen and oxygen atoms in total. The molecule has 7 heavy (non-hydrogen) atoms. The van der Waals surface area contributed by atoms with Crippen LogP contribution in [-0.4, -0.2) is 18.5 Å². The van der Waals surface area contributed by atoms with Crippen molar-refractivity contribution in [3.63, 3.8) is 0 Å². The lowest BCUT2D eigenvalue weighted by Gasteiger charge is -2.07. The van der Waals surface area contributed by atoms with Gasteiger partial charge in [-0.2, -0.15) is 0 Å². The van der Waals surface area contributed by atoms with Gasteiger partial charge in [-0.05, 0) is 13.0 Å². The molecular weight excluding hydrogens is 112 g/mol. The first-order chi connectivity index (χ1) is 3.21. The van der Waals surface area contributed by atoms with Crippen LogP contribution in [0.4, 0.5) is 4.39 Å². The third-order valence-electron chi connectivity index (χ3n) is 1.14. The van der Waals surface area contributed by atoms with Crippen LogP contribution in [-0.2, 0) is 0 Å². The fourth-order valence-electron chi connectivity index (χ4n) is 0.681. The van der Waals surface area contributed by atoms with Crippen molar-refractivity contribution in [2.45, 2.75) is 11.8 Å². The number of hydrogen-bond donors (Lipinski definition) is 1. The molecule has 0 amide bonds. The van der Waals surface area contributed by atoms with Gasteiger partial charge in [0.1, 0.15) is 5.41 Å². The predicted octanol–water partition coefficient (Wildman–Crippen LogP) is 0.521. The van der Waals surface area contributed by atoms with E-state index in [4.69, 9.17) is 0 Å². The molecule has 0 aromatic rings. The zero-order valence-electron chi connectivity index (χ0n) is 4.08. The summed E-state index contributed by atoms with van der Waals surface area (Å²) in [6, 6.07) is 0. The van der Waals surface area contributed by atoms with Gasteiger partial charge in [-0.3, -0.25) is 0 Å². The monoisotopic (exact) mass is 121 g/mol. The fourth-order valence-corrected chi connectivity index (χ4v) is 0.969. The molecule has 0 saturated carbocycles. The standard InChI is InChI=1S/C4H9FNP/c5-4(7)1-2-6-3-4/h6H,1-3,7H2. The van der Waals surface area contributed by atoms with Crippen molar-refractivity contribution in [3.05, 3.63) is 0 Å². The molecule has 1 rings (SSSR count). The second kappa shape index (κ2) is 1.68. The Labute approximate surface area is 44.9 Å². The molecular formula is C4H9FNP. The molecule has 0 aromatic carbocycles. The molecule has 1 heterocycles. The van der Waals surface area contributed by atoms with E-state index >= 15 is 0 Å². The van der Waals surface area contributed by atoms with Crippen LogP contribution in [0.25, 0.3) is 0 Å². The molecule has 1 fully saturated rings. The number of halogens is 1. The van der Waals surface area contributed by atoms with Gasteiger partial charge in [0.15, 0.2) is 0 Å². The molecule has 1 saturated heterocycles. The molecule has 0 radical (unpaired) electrons. The van der Waals surface area contributed by atoms with Crippen molar-refractivity contribution in [3.8, 4) is 0 Å². The molecule has 0 spiro atoms. The van der Waals surface area contributed by atoms with E-state index in [2.05, 4.69) is 14.6 Å². The Balaban J connectivity index is 2.40. The van der Waals surface area contributed by atoms with Gasteiger partial charge in [-0.25, -0.2) is 4.39 Å². The highest BCUT2D eigenvalue weighted by Crippen LogP contribution is 2.26. The van der Waals surface area contributed by atoms with Gasteiger partial charge in [-0.15, -0.1) is 0 Å². The SMILES string of the molecule is FC1(P)CCNC1. The van der Waals surface area contributed by atoms with E-state index < -0.39 is 5.41 Å². The summed E-state index contributed by atoms with van der Waals surface area (Å²) in [6.45, 7) is 1.32. The lowest BCUT2D eigenvalue weighted by molar-refractivity contribution is 0.315. The maximum atomic E-state index is 12.5. The molecule has 0 bridgehead atoms. The van der Waals surface area contributed by atoms with Crippen LogP contribution in [0.3, 0.4) is 0 Å². The lowest BCUT2D eigenvalue weighted by atomic mass is 10.3. The highest BCUT2D eigenvalue weighted by molar-refractivity contribution is 7.18. The van der Waals surface area contributed by atoms with Crippen LogP contribution in [0.2, 0.25) is 0 Å². The highest BCUT2D eigenvalue weighted by Gasteiger charge is 2.26. The summed E-state index contributed by atoms with van der Waals surface area (Å²) in [5.74, 6) is 0. The summed E-state index contributed by atoms with van der Waals surface area (Å²) >= 11 is 0. The first kappa shape index (κ1) is 5.46. The molecule has 3 heteroatoms. The van der Waals surface area contributed by atoms with Crippen molar-refractivity contribution in [2.24, 2.45) is 0 Å². The second-order valence-electron chi connectivity index (χ2n) is 1.96. The second-order valence-corrected chi connectivity index (χ2v) is 3.00. The van der Waals surface area contributed by atoms with Crippen molar-refractivity contribution in [2.75, 3.05) is 13.1 Å². The summed E-state index contributed by atoms with van der Waals surface area (Å²) in [4.78, 5) is 0. The van der Waals surface area contributed by atoms with Crippen LogP contribution in [0.15, 0.2) is 0 Å². The number of nitrogens with one attached hydrogen (secondary N) is 1. The van der Waals surface area contributed by atoms with Gasteiger partial charge in [0, 0.05) is 6.54 Å². The number of alkyl halides is 1. The van der Waals surface area contributed by atoms with Crippen molar-refractivity contribution >= 4 is 9.24 Å². The average Bonchev–Trinajstić information content (AvgIpc) is 1.84. The van der Waals surface area contributed by atoms with Crippen molar-refractivity contribution in [1.29, 1.82) is 0 Å². The van der Waals surface area contributed by atoms with E-state index in [1.807, 2.05) is 0 Å². The summed E-state index contributed by atoms with van der Waals surface area (Å²) in [6.07, 6.45) is 0.637. The van der Waals surface area contributed by atoms with Crippen LogP contribution >= 0.6 is 9.24 Å². The largest absolute Gasteiger partial charge is 0.313 e. The van der Waals surface area contributed by atoms with E-state index in [-0.39, 0.29) is 0 Å². The molecule has 2 unspecified atom stereocenters. The number of hydrogen-bond acceptors (Lipinski definition) is 1. The minimum Gasteiger partial charge on any atom is -0.313 e. The molecule has 1 N–H and O–H groups in total. The predicted molar refractivity (Wildman–Crippen MR) is 31.0 cm³/mol. The summed E-state index contributed by atoms with van der Waals surface area (Å²) < 4.78 is 12.5. The fraction of sp³-hybridized carbons (Fsp3) is 1.00. The van der Waals surface area contributed by atoms with Crippen molar-refractivity contribution in [1.82, 2.24) is 5.32 Å². The van der Waals surface area contributed by atoms with E-state index in [0.29, 0.717) is 13.0 Å². The van der Waals surface area contributed by atoms with Gasteiger partial charge in [0.25, 0.3) is 0 Å². The van der Waals surface area contributed by atoms with Gasteiger partial charge in [0.2, 0.25) is 0 Å². The van der Waals surface area contributed by atoms with Crippen LogP contribution in [0.5, 0.6) is 0 Å². The van der Waals surface area contributed by atoms with Crippen LogP contribution < -0.4 is 5.32 Å². The Morgan fingerprint density at radius 3 is 2.57 bits per heavy atom. The van der Waals surface area contributed by atoms with E-state index in [9.17, 15) is 4.39 Å². The Kier molecular flexibility index (Phi) is 1.31. The quantitative estimate of drug-likeness (QED) is 0.461. The lowest BCUT2D eigenvalue weighted by Crippen LogP contribution is -2.16. The van der Waals surface area contributed by atoms with E-state index in [1.165, 1.54) is 0 Å². The molecule has 0 aromatic heterocycles. The molecule has 2 atom stereocenters. The van der Waals surface area contributed by atoms with Gasteiger partial charge in [-0.1, -0.05) is 9.24 Å². The molecule has 0 aliphatic carbocycles. The van der Waals surface area contributed by atoms with Crippen LogP contribution in [0.1, 0.15) is 6.42 Å². The van der Waals surface area contributed by atoms with Gasteiger partial charge < -0.3 is 5.32 Å². The Hall–Kier alpha value is 0.320. The Morgan fingerprint density at radius 2 is 2.43 bits per heavy atom. The minimum absolute atomic E-state index is 0.498. The smallest absolute Gasteiger partial charge is 0.137 e. The van der Waals surface area contributed by atoms with Crippen molar-refractivity contribution < 1.29 is 4.39 Å². The topological polar surface area (TPSA) is 12.0 Å². The minimum atomic E-state index is -1.000. The molecule has 42 valence electrons. The first-order valence-electron chi connectivity index (χ1n) is 2.39. The summed E-state index contributed by atoms with van der Waals surface area (Å²) in [5.41, 5.74) is 0. The zero-order chi connectivity index (χ0) is 5.33. The number of rotatable bonds is 0. The summed E-state index contributed by atoms with van der Waals surface area (Å²) in [5, 5.41) is 1.92. The maximum absolute atomic E-state index is 12.5. The van der Waals surface area contributed by atoms with Crippen LogP contribution in [0, 0.1) is 0 Å². The van der Waals surface area contributed by atoms with E-state index in [0.717, 1.165) is 6.54 Å². The van der Waals surface area contributed by atoms with E-state index in [1.54, 1.807) is 0 Å². The average molecular weight is 121 g/mol. The first-order valence-corrected chi connectivity index (χ1v) is 2.97. The molecule has 1 aliphatic rings. The third kappa shape index (κ3) is 1.36. The maximum Gasteiger partial charge on any atom is 0.137 e.